The summed E-state index contributed by atoms with van der Waals surface area (Å²) < 4.78 is 1.81. The molecule has 2 aromatic heterocycles. The Kier molecular flexibility index (Phi) is 3.39. The van der Waals surface area contributed by atoms with Crippen LogP contribution in [0.4, 0.5) is 5.69 Å². The van der Waals surface area contributed by atoms with Gasteiger partial charge in [-0.25, -0.2) is 0 Å². The first-order chi connectivity index (χ1) is 11.2. The Labute approximate surface area is 139 Å². The molecule has 0 spiro atoms. The van der Waals surface area contributed by atoms with E-state index in [9.17, 15) is 0 Å². The van der Waals surface area contributed by atoms with E-state index in [1.807, 2.05) is 56.0 Å². The van der Waals surface area contributed by atoms with Crippen molar-refractivity contribution in [3.8, 4) is 0 Å². The van der Waals surface area contributed by atoms with Crippen LogP contribution in [0.5, 0.6) is 0 Å². The largest absolute Gasteiger partial charge is 0.343 e. The van der Waals surface area contributed by atoms with E-state index in [1.165, 1.54) is 5.56 Å². The maximum absolute atomic E-state index is 6.00. The summed E-state index contributed by atoms with van der Waals surface area (Å²) in [6, 6.07) is 12.0. The molecular formula is C18H15ClN4. The topological polar surface area (TPSA) is 34.0 Å². The number of aromatic nitrogens is 3. The zero-order valence-electron chi connectivity index (χ0n) is 12.6. The minimum absolute atomic E-state index is 0.740. The van der Waals surface area contributed by atoms with Gasteiger partial charge in [-0.15, -0.1) is 0 Å². The van der Waals surface area contributed by atoms with Crippen LogP contribution in [0.3, 0.4) is 0 Å². The number of pyridine rings is 1. The van der Waals surface area contributed by atoms with Crippen molar-refractivity contribution in [3.63, 3.8) is 0 Å². The Morgan fingerprint density at radius 1 is 1.13 bits per heavy atom. The third-order valence-corrected chi connectivity index (χ3v) is 4.20. The minimum Gasteiger partial charge on any atom is -0.343 e. The standard InChI is InChI=1S/C18H15ClN4/c1-22-10-14(9-21-22)17-12-23(16-6-4-15(19)5-7-16)11-13-3-2-8-20-18(13)17/h2-10,12H,11H2,1H3. The summed E-state index contributed by atoms with van der Waals surface area (Å²) in [5.41, 5.74) is 5.46. The van der Waals surface area contributed by atoms with Gasteiger partial charge in [-0.1, -0.05) is 17.7 Å². The average molecular weight is 323 g/mol. The summed E-state index contributed by atoms with van der Waals surface area (Å²) in [5.74, 6) is 0. The smallest absolute Gasteiger partial charge is 0.0773 e. The molecule has 0 bridgehead atoms. The van der Waals surface area contributed by atoms with Crippen LogP contribution in [-0.4, -0.2) is 14.8 Å². The molecule has 0 amide bonds. The highest BCUT2D eigenvalue weighted by Crippen LogP contribution is 2.32. The highest BCUT2D eigenvalue weighted by Gasteiger charge is 2.21. The van der Waals surface area contributed by atoms with Crippen molar-refractivity contribution in [2.75, 3.05) is 4.90 Å². The quantitative estimate of drug-likeness (QED) is 0.718. The molecule has 23 heavy (non-hydrogen) atoms. The Hall–Kier alpha value is -2.59. The molecule has 1 aliphatic rings. The summed E-state index contributed by atoms with van der Waals surface area (Å²) >= 11 is 6.00. The number of rotatable bonds is 2. The van der Waals surface area contributed by atoms with Crippen molar-refractivity contribution in [1.82, 2.24) is 14.8 Å². The van der Waals surface area contributed by atoms with Gasteiger partial charge in [-0.05, 0) is 35.9 Å². The van der Waals surface area contributed by atoms with E-state index < -0.39 is 0 Å². The number of fused-ring (bicyclic) bond motifs is 1. The SMILES string of the molecule is Cn1cc(C2=CN(c3ccc(Cl)cc3)Cc3cccnc32)cn1. The van der Waals surface area contributed by atoms with E-state index in [4.69, 9.17) is 11.6 Å². The number of nitrogens with zero attached hydrogens (tertiary/aromatic N) is 4. The Morgan fingerprint density at radius 2 is 1.96 bits per heavy atom. The van der Waals surface area contributed by atoms with Crippen LogP contribution in [0, 0.1) is 0 Å². The Bertz CT molecular complexity index is 880. The van der Waals surface area contributed by atoms with Crippen LogP contribution >= 0.6 is 11.6 Å². The lowest BCUT2D eigenvalue weighted by molar-refractivity contribution is 0.767. The fourth-order valence-electron chi connectivity index (χ4n) is 2.82. The lowest BCUT2D eigenvalue weighted by Crippen LogP contribution is -2.22. The van der Waals surface area contributed by atoms with E-state index >= 15 is 0 Å². The highest BCUT2D eigenvalue weighted by atomic mass is 35.5. The van der Waals surface area contributed by atoms with Gasteiger partial charge in [0.1, 0.15) is 0 Å². The number of hydrogen-bond donors (Lipinski definition) is 0. The van der Waals surface area contributed by atoms with Crippen LogP contribution in [-0.2, 0) is 13.6 Å². The van der Waals surface area contributed by atoms with Crippen molar-refractivity contribution in [3.05, 3.63) is 83.0 Å². The normalized spacial score (nSPS) is 13.7. The molecule has 5 heteroatoms. The predicted octanol–water partition coefficient (Wildman–Crippen LogP) is 3.88. The lowest BCUT2D eigenvalue weighted by atomic mass is 9.98. The van der Waals surface area contributed by atoms with Gasteiger partial charge in [0.2, 0.25) is 0 Å². The summed E-state index contributed by atoms with van der Waals surface area (Å²) in [5, 5.41) is 5.03. The summed E-state index contributed by atoms with van der Waals surface area (Å²) in [6.07, 6.45) is 7.85. The van der Waals surface area contributed by atoms with E-state index in [0.717, 1.165) is 34.1 Å². The molecule has 0 saturated carbocycles. The fourth-order valence-corrected chi connectivity index (χ4v) is 2.95. The molecule has 3 aromatic rings. The molecule has 1 aromatic carbocycles. The third-order valence-electron chi connectivity index (χ3n) is 3.95. The average Bonchev–Trinajstić information content (AvgIpc) is 3.01. The zero-order chi connectivity index (χ0) is 15.8. The number of hydrogen-bond acceptors (Lipinski definition) is 3. The van der Waals surface area contributed by atoms with Gasteiger partial charge < -0.3 is 4.90 Å². The van der Waals surface area contributed by atoms with Gasteiger partial charge in [0.25, 0.3) is 0 Å². The van der Waals surface area contributed by atoms with Gasteiger partial charge in [0.15, 0.2) is 0 Å². The van der Waals surface area contributed by atoms with E-state index in [1.54, 1.807) is 4.68 Å². The molecule has 3 heterocycles. The molecule has 0 radical (unpaired) electrons. The number of benzene rings is 1. The Balaban J connectivity index is 1.83. The molecule has 0 fully saturated rings. The Morgan fingerprint density at radius 3 is 2.70 bits per heavy atom. The second-order valence-corrected chi connectivity index (χ2v) is 6.00. The molecule has 1 aliphatic heterocycles. The van der Waals surface area contributed by atoms with Crippen LogP contribution in [0.2, 0.25) is 5.02 Å². The van der Waals surface area contributed by atoms with Crippen molar-refractivity contribution < 1.29 is 0 Å². The minimum atomic E-state index is 0.740. The molecule has 0 aliphatic carbocycles. The first-order valence-electron chi connectivity index (χ1n) is 7.38. The molecule has 0 N–H and O–H groups in total. The van der Waals surface area contributed by atoms with Gasteiger partial charge in [0, 0.05) is 54.0 Å². The first-order valence-corrected chi connectivity index (χ1v) is 7.76. The van der Waals surface area contributed by atoms with Gasteiger partial charge in [-0.2, -0.15) is 5.10 Å². The van der Waals surface area contributed by atoms with E-state index in [2.05, 4.69) is 27.2 Å². The molecule has 0 saturated heterocycles. The monoisotopic (exact) mass is 322 g/mol. The van der Waals surface area contributed by atoms with Crippen molar-refractivity contribution >= 4 is 22.9 Å². The summed E-state index contributed by atoms with van der Waals surface area (Å²) in [6.45, 7) is 0.786. The maximum atomic E-state index is 6.00. The summed E-state index contributed by atoms with van der Waals surface area (Å²) in [4.78, 5) is 6.79. The third kappa shape index (κ3) is 2.62. The second kappa shape index (κ2) is 5.56. The summed E-state index contributed by atoms with van der Waals surface area (Å²) in [7, 11) is 1.92. The van der Waals surface area contributed by atoms with Crippen LogP contribution in [0.1, 0.15) is 16.8 Å². The molecular weight excluding hydrogens is 308 g/mol. The fraction of sp³-hybridized carbons (Fsp3) is 0.111. The van der Waals surface area contributed by atoms with Crippen LogP contribution < -0.4 is 4.90 Å². The van der Waals surface area contributed by atoms with Crippen LogP contribution in [0.15, 0.2) is 61.2 Å². The highest BCUT2D eigenvalue weighted by molar-refractivity contribution is 6.30. The zero-order valence-corrected chi connectivity index (χ0v) is 13.4. The van der Waals surface area contributed by atoms with Gasteiger partial charge in [-0.3, -0.25) is 9.67 Å². The number of aryl methyl sites for hydroxylation is 1. The van der Waals surface area contributed by atoms with E-state index in [-0.39, 0.29) is 0 Å². The molecule has 0 unspecified atom stereocenters. The molecule has 114 valence electrons. The molecule has 4 nitrogen and oxygen atoms in total. The van der Waals surface area contributed by atoms with Gasteiger partial charge >= 0.3 is 0 Å². The van der Waals surface area contributed by atoms with Crippen LogP contribution in [0.25, 0.3) is 5.57 Å². The molecule has 4 rings (SSSR count). The lowest BCUT2D eigenvalue weighted by Gasteiger charge is -2.28. The van der Waals surface area contributed by atoms with Gasteiger partial charge in [0.05, 0.1) is 11.9 Å². The first kappa shape index (κ1) is 14.0. The number of halogens is 1. The van der Waals surface area contributed by atoms with Crippen molar-refractivity contribution in [2.24, 2.45) is 7.05 Å². The van der Waals surface area contributed by atoms with Crippen molar-refractivity contribution in [2.45, 2.75) is 6.54 Å². The number of anilines is 1. The maximum Gasteiger partial charge on any atom is 0.0773 e. The predicted molar refractivity (Wildman–Crippen MR) is 92.2 cm³/mol. The van der Waals surface area contributed by atoms with Crippen molar-refractivity contribution in [1.29, 1.82) is 0 Å². The molecule has 0 atom stereocenters. The van der Waals surface area contributed by atoms with E-state index in [0.29, 0.717) is 0 Å². The second-order valence-electron chi connectivity index (χ2n) is 5.56.